The van der Waals surface area contributed by atoms with Crippen LogP contribution in [-0.2, 0) is 6.54 Å². The number of aromatic nitrogens is 2. The summed E-state index contributed by atoms with van der Waals surface area (Å²) in [6, 6.07) is 15.1. The van der Waals surface area contributed by atoms with Crippen LogP contribution in [0.25, 0.3) is 0 Å². The Hall–Kier alpha value is -4.05. The van der Waals surface area contributed by atoms with Gasteiger partial charge >= 0.3 is 0 Å². The van der Waals surface area contributed by atoms with E-state index in [-0.39, 0.29) is 11.6 Å². The maximum atomic E-state index is 12.4. The number of hydrogen-bond acceptors (Lipinski definition) is 5. The lowest BCUT2D eigenvalue weighted by molar-refractivity contribution is 0.0950. The monoisotopic (exact) mass is 357 g/mol. The van der Waals surface area contributed by atoms with Crippen molar-refractivity contribution in [3.05, 3.63) is 89.5 Å². The van der Waals surface area contributed by atoms with E-state index in [0.717, 1.165) is 5.56 Å². The third-order valence-electron chi connectivity index (χ3n) is 3.68. The molecule has 27 heavy (non-hydrogen) atoms. The average molecular weight is 357 g/mol. The molecule has 1 aromatic carbocycles. The topological polar surface area (TPSA) is 108 Å². The van der Waals surface area contributed by atoms with Gasteiger partial charge in [-0.3, -0.25) is 19.6 Å². The Morgan fingerprint density at radius 3 is 2.70 bits per heavy atom. The van der Waals surface area contributed by atoms with Gasteiger partial charge in [-0.1, -0.05) is 12.1 Å². The van der Waals surface area contributed by atoms with Crippen molar-refractivity contribution in [2.45, 2.75) is 6.54 Å². The van der Waals surface area contributed by atoms with E-state index in [2.05, 4.69) is 20.6 Å². The van der Waals surface area contributed by atoms with Crippen molar-refractivity contribution in [2.24, 2.45) is 0 Å². The lowest BCUT2D eigenvalue weighted by Crippen LogP contribution is -2.23. The number of pyridine rings is 2. The second kappa shape index (κ2) is 8.36. The van der Waals surface area contributed by atoms with Crippen molar-refractivity contribution >= 4 is 17.5 Å². The van der Waals surface area contributed by atoms with Crippen LogP contribution in [0.5, 0.6) is 0 Å². The van der Waals surface area contributed by atoms with Crippen LogP contribution in [-0.4, -0.2) is 21.8 Å². The highest BCUT2D eigenvalue weighted by Crippen LogP contribution is 2.12. The van der Waals surface area contributed by atoms with Gasteiger partial charge in [-0.2, -0.15) is 5.26 Å². The zero-order valence-corrected chi connectivity index (χ0v) is 14.2. The lowest BCUT2D eigenvalue weighted by atomic mass is 10.2. The average Bonchev–Trinajstić information content (AvgIpc) is 2.73. The molecule has 0 radical (unpaired) electrons. The van der Waals surface area contributed by atoms with Gasteiger partial charge in [0.1, 0.15) is 5.69 Å². The van der Waals surface area contributed by atoms with Gasteiger partial charge in [-0.25, -0.2) is 0 Å². The molecule has 0 spiro atoms. The summed E-state index contributed by atoms with van der Waals surface area (Å²) in [6.45, 7) is 0.331. The first-order valence-corrected chi connectivity index (χ1v) is 8.10. The largest absolute Gasteiger partial charge is 0.348 e. The van der Waals surface area contributed by atoms with Crippen molar-refractivity contribution in [3.63, 3.8) is 0 Å². The van der Waals surface area contributed by atoms with E-state index < -0.39 is 5.91 Å². The summed E-state index contributed by atoms with van der Waals surface area (Å²) < 4.78 is 0. The molecule has 0 aliphatic heterocycles. The minimum Gasteiger partial charge on any atom is -0.348 e. The molecule has 0 bridgehead atoms. The van der Waals surface area contributed by atoms with Crippen LogP contribution in [0.2, 0.25) is 0 Å². The van der Waals surface area contributed by atoms with Crippen LogP contribution in [0.15, 0.2) is 67.1 Å². The molecule has 0 atom stereocenters. The molecular weight excluding hydrogens is 342 g/mol. The van der Waals surface area contributed by atoms with E-state index in [9.17, 15) is 9.59 Å². The van der Waals surface area contributed by atoms with Gasteiger partial charge in [0.05, 0.1) is 11.6 Å². The molecule has 3 rings (SSSR count). The van der Waals surface area contributed by atoms with Gasteiger partial charge in [0.25, 0.3) is 11.8 Å². The molecule has 2 heterocycles. The number of anilines is 1. The van der Waals surface area contributed by atoms with Crippen molar-refractivity contribution in [3.8, 4) is 6.07 Å². The summed E-state index contributed by atoms with van der Waals surface area (Å²) in [5.74, 6) is -0.784. The molecule has 7 nitrogen and oxygen atoms in total. The molecule has 2 N–H and O–H groups in total. The zero-order chi connectivity index (χ0) is 19.1. The Morgan fingerprint density at radius 2 is 1.93 bits per heavy atom. The summed E-state index contributed by atoms with van der Waals surface area (Å²) in [5, 5.41) is 14.4. The molecule has 3 aromatic rings. The van der Waals surface area contributed by atoms with E-state index in [0.29, 0.717) is 23.4 Å². The third kappa shape index (κ3) is 4.74. The first-order chi connectivity index (χ1) is 13.2. The second-order valence-electron chi connectivity index (χ2n) is 5.62. The molecule has 2 amide bonds. The van der Waals surface area contributed by atoms with Crippen LogP contribution >= 0.6 is 0 Å². The Labute approximate surface area is 155 Å². The Kier molecular flexibility index (Phi) is 5.50. The summed E-state index contributed by atoms with van der Waals surface area (Å²) in [4.78, 5) is 32.7. The number of nitrogens with zero attached hydrogens (tertiary/aromatic N) is 3. The predicted molar refractivity (Wildman–Crippen MR) is 98.8 cm³/mol. The first-order valence-electron chi connectivity index (χ1n) is 8.10. The highest BCUT2D eigenvalue weighted by Gasteiger charge is 2.12. The van der Waals surface area contributed by atoms with Crippen molar-refractivity contribution < 1.29 is 9.59 Å². The van der Waals surface area contributed by atoms with Crippen LogP contribution in [0.4, 0.5) is 5.69 Å². The number of benzene rings is 1. The second-order valence-corrected chi connectivity index (χ2v) is 5.62. The van der Waals surface area contributed by atoms with Crippen molar-refractivity contribution in [1.82, 2.24) is 15.3 Å². The van der Waals surface area contributed by atoms with Gasteiger partial charge in [-0.05, 0) is 42.0 Å². The normalized spacial score (nSPS) is 9.89. The zero-order valence-electron chi connectivity index (χ0n) is 14.2. The Morgan fingerprint density at radius 1 is 1.04 bits per heavy atom. The number of hydrogen-bond donors (Lipinski definition) is 2. The number of nitriles is 1. The molecule has 0 fully saturated rings. The fourth-order valence-electron chi connectivity index (χ4n) is 2.34. The van der Waals surface area contributed by atoms with Gasteiger partial charge in [0, 0.05) is 36.4 Å². The SMILES string of the molecule is N#Cc1cccc(NC(=O)c2cc(C(=O)NCc3cccnc3)ccn2)c1. The molecule has 0 unspecified atom stereocenters. The van der Waals surface area contributed by atoms with Crippen LogP contribution in [0.3, 0.4) is 0 Å². The summed E-state index contributed by atoms with van der Waals surface area (Å²) in [5.41, 5.74) is 2.21. The number of amides is 2. The molecule has 0 aliphatic rings. The number of nitrogens with one attached hydrogen (secondary N) is 2. The van der Waals surface area contributed by atoms with E-state index in [1.54, 1.807) is 42.7 Å². The van der Waals surface area contributed by atoms with Gasteiger partial charge in [0.2, 0.25) is 0 Å². The highest BCUT2D eigenvalue weighted by atomic mass is 16.2. The van der Waals surface area contributed by atoms with Gasteiger partial charge in [0.15, 0.2) is 0 Å². The standard InChI is InChI=1S/C20H15N5O2/c21-11-14-3-1-5-17(9-14)25-20(27)18-10-16(6-8-23-18)19(26)24-13-15-4-2-7-22-12-15/h1-10,12H,13H2,(H,24,26)(H,25,27). The van der Waals surface area contributed by atoms with E-state index in [1.165, 1.54) is 18.3 Å². The number of carbonyl (C=O) groups is 2. The van der Waals surface area contributed by atoms with E-state index >= 15 is 0 Å². The number of carbonyl (C=O) groups excluding carboxylic acids is 2. The summed E-state index contributed by atoms with van der Waals surface area (Å²) >= 11 is 0. The molecule has 132 valence electrons. The van der Waals surface area contributed by atoms with Gasteiger partial charge in [-0.15, -0.1) is 0 Å². The molecule has 2 aromatic heterocycles. The summed E-state index contributed by atoms with van der Waals surface area (Å²) in [7, 11) is 0. The minimum absolute atomic E-state index is 0.103. The van der Waals surface area contributed by atoms with Crippen LogP contribution in [0, 0.1) is 11.3 Å². The van der Waals surface area contributed by atoms with Crippen molar-refractivity contribution in [1.29, 1.82) is 5.26 Å². The van der Waals surface area contributed by atoms with E-state index in [4.69, 9.17) is 5.26 Å². The number of rotatable bonds is 5. The lowest BCUT2D eigenvalue weighted by Gasteiger charge is -2.08. The predicted octanol–water partition coefficient (Wildman–Crippen LogP) is 2.53. The highest BCUT2D eigenvalue weighted by molar-refractivity contribution is 6.04. The fraction of sp³-hybridized carbons (Fsp3) is 0.0500. The van der Waals surface area contributed by atoms with Gasteiger partial charge < -0.3 is 10.6 Å². The first kappa shape index (κ1) is 17.8. The fourth-order valence-corrected chi connectivity index (χ4v) is 2.34. The minimum atomic E-state index is -0.466. The smallest absolute Gasteiger partial charge is 0.274 e. The van der Waals surface area contributed by atoms with E-state index in [1.807, 2.05) is 12.1 Å². The molecule has 0 saturated heterocycles. The van der Waals surface area contributed by atoms with Crippen LogP contribution in [0.1, 0.15) is 32.0 Å². The third-order valence-corrected chi connectivity index (χ3v) is 3.68. The molecule has 7 heteroatoms. The van der Waals surface area contributed by atoms with Crippen LogP contribution < -0.4 is 10.6 Å². The Bertz CT molecular complexity index is 1010. The molecule has 0 saturated carbocycles. The Balaban J connectivity index is 1.68. The maximum absolute atomic E-state index is 12.4. The van der Waals surface area contributed by atoms with Crippen molar-refractivity contribution in [2.75, 3.05) is 5.32 Å². The summed E-state index contributed by atoms with van der Waals surface area (Å²) in [6.07, 6.45) is 4.73. The quantitative estimate of drug-likeness (QED) is 0.729. The molecular formula is C20H15N5O2. The molecule has 0 aliphatic carbocycles. The maximum Gasteiger partial charge on any atom is 0.274 e.